The second kappa shape index (κ2) is 3.72. The lowest BCUT2D eigenvalue weighted by atomic mass is 9.51. The first-order valence-electron chi connectivity index (χ1n) is 6.98. The molecule has 4 heteroatoms. The molecule has 5 rings (SSSR count). The van der Waals surface area contributed by atoms with Crippen LogP contribution in [0.4, 0.5) is 5.69 Å². The van der Waals surface area contributed by atoms with Gasteiger partial charge >= 0.3 is 5.97 Å². The molecule has 1 heterocycles. The maximum atomic E-state index is 12.7. The summed E-state index contributed by atoms with van der Waals surface area (Å²) in [6.07, 6.45) is 5.78. The zero-order valence-corrected chi connectivity index (χ0v) is 10.9. The van der Waals surface area contributed by atoms with Crippen molar-refractivity contribution in [1.82, 2.24) is 0 Å². The SMILES string of the molecule is O=C(O)[C@H]1[C@H]2C=C[C@H](CC2)[C@]12C(=O)Nc1ccccc12. The lowest BCUT2D eigenvalue weighted by Gasteiger charge is -2.49. The molecule has 4 atom stereocenters. The van der Waals surface area contributed by atoms with Gasteiger partial charge in [0.1, 0.15) is 0 Å². The van der Waals surface area contributed by atoms with Crippen molar-refractivity contribution < 1.29 is 14.7 Å². The number of para-hydroxylation sites is 1. The van der Waals surface area contributed by atoms with Gasteiger partial charge in [0, 0.05) is 5.69 Å². The monoisotopic (exact) mass is 269 g/mol. The lowest BCUT2D eigenvalue weighted by Crippen LogP contribution is -2.57. The molecule has 1 aliphatic heterocycles. The third kappa shape index (κ3) is 1.17. The molecule has 1 amide bonds. The molecular weight excluding hydrogens is 254 g/mol. The van der Waals surface area contributed by atoms with E-state index in [0.717, 1.165) is 24.1 Å². The molecular formula is C16H15NO3. The van der Waals surface area contributed by atoms with Crippen LogP contribution in [-0.4, -0.2) is 17.0 Å². The van der Waals surface area contributed by atoms with Gasteiger partial charge in [-0.05, 0) is 36.3 Å². The van der Waals surface area contributed by atoms with Crippen molar-refractivity contribution in [2.45, 2.75) is 18.3 Å². The van der Waals surface area contributed by atoms with E-state index in [9.17, 15) is 14.7 Å². The third-order valence-electron chi connectivity index (χ3n) is 5.17. The first-order valence-corrected chi connectivity index (χ1v) is 6.98. The van der Waals surface area contributed by atoms with Crippen molar-refractivity contribution in [3.63, 3.8) is 0 Å². The highest BCUT2D eigenvalue weighted by molar-refractivity contribution is 6.09. The molecule has 0 radical (unpaired) electrons. The summed E-state index contributed by atoms with van der Waals surface area (Å²) < 4.78 is 0. The maximum Gasteiger partial charge on any atom is 0.308 e. The van der Waals surface area contributed by atoms with E-state index < -0.39 is 17.3 Å². The van der Waals surface area contributed by atoms with E-state index in [-0.39, 0.29) is 17.7 Å². The van der Waals surface area contributed by atoms with Crippen LogP contribution in [0.25, 0.3) is 0 Å². The van der Waals surface area contributed by atoms with Crippen LogP contribution in [0.5, 0.6) is 0 Å². The summed E-state index contributed by atoms with van der Waals surface area (Å²) in [7, 11) is 0. The van der Waals surface area contributed by atoms with Gasteiger partial charge in [-0.1, -0.05) is 30.4 Å². The summed E-state index contributed by atoms with van der Waals surface area (Å²) in [6, 6.07) is 7.50. The number of anilines is 1. The molecule has 4 nitrogen and oxygen atoms in total. The van der Waals surface area contributed by atoms with Crippen molar-refractivity contribution in [2.24, 2.45) is 17.8 Å². The molecule has 4 aliphatic rings. The van der Waals surface area contributed by atoms with E-state index >= 15 is 0 Å². The topological polar surface area (TPSA) is 66.4 Å². The molecule has 1 aromatic rings. The zero-order chi connectivity index (χ0) is 13.9. The Bertz CT molecular complexity index is 651. The van der Waals surface area contributed by atoms with Gasteiger partial charge in [0.05, 0.1) is 11.3 Å². The molecule has 0 saturated heterocycles. The Kier molecular flexibility index (Phi) is 2.18. The maximum absolute atomic E-state index is 12.7. The highest BCUT2D eigenvalue weighted by Crippen LogP contribution is 2.58. The van der Waals surface area contributed by atoms with Crippen molar-refractivity contribution in [3.8, 4) is 0 Å². The van der Waals surface area contributed by atoms with Crippen LogP contribution in [0, 0.1) is 17.8 Å². The Morgan fingerprint density at radius 3 is 2.75 bits per heavy atom. The number of aliphatic carboxylic acids is 1. The smallest absolute Gasteiger partial charge is 0.308 e. The predicted molar refractivity (Wildman–Crippen MR) is 73.2 cm³/mol. The summed E-state index contributed by atoms with van der Waals surface area (Å²) in [6.45, 7) is 0. The average molecular weight is 269 g/mol. The molecule has 3 aliphatic carbocycles. The van der Waals surface area contributed by atoms with Crippen LogP contribution >= 0.6 is 0 Å². The number of carbonyl (C=O) groups excluding carboxylic acids is 1. The summed E-state index contributed by atoms with van der Waals surface area (Å²) in [5, 5.41) is 12.6. The number of rotatable bonds is 1. The minimum Gasteiger partial charge on any atom is -0.481 e. The number of carbonyl (C=O) groups is 2. The summed E-state index contributed by atoms with van der Waals surface area (Å²) >= 11 is 0. The van der Waals surface area contributed by atoms with E-state index in [1.807, 2.05) is 30.3 Å². The van der Waals surface area contributed by atoms with Gasteiger partial charge in [0.2, 0.25) is 5.91 Å². The van der Waals surface area contributed by atoms with E-state index in [0.29, 0.717) is 0 Å². The quantitative estimate of drug-likeness (QED) is 0.768. The van der Waals surface area contributed by atoms with Crippen LogP contribution in [0.15, 0.2) is 36.4 Å². The number of carboxylic acids is 1. The van der Waals surface area contributed by atoms with Gasteiger partial charge in [-0.3, -0.25) is 9.59 Å². The van der Waals surface area contributed by atoms with Crippen molar-refractivity contribution in [3.05, 3.63) is 42.0 Å². The highest BCUT2D eigenvalue weighted by Gasteiger charge is 2.63. The third-order valence-corrected chi connectivity index (χ3v) is 5.17. The van der Waals surface area contributed by atoms with Gasteiger partial charge in [-0.2, -0.15) is 0 Å². The van der Waals surface area contributed by atoms with Crippen molar-refractivity contribution in [2.75, 3.05) is 5.32 Å². The van der Waals surface area contributed by atoms with Crippen molar-refractivity contribution in [1.29, 1.82) is 0 Å². The molecule has 20 heavy (non-hydrogen) atoms. The second-order valence-corrected chi connectivity index (χ2v) is 5.92. The minimum atomic E-state index is -0.917. The van der Waals surface area contributed by atoms with E-state index in [2.05, 4.69) is 11.4 Å². The number of hydrogen-bond donors (Lipinski definition) is 2. The first-order chi connectivity index (χ1) is 9.65. The van der Waals surface area contributed by atoms with Gasteiger partial charge in [-0.25, -0.2) is 0 Å². The summed E-state index contributed by atoms with van der Waals surface area (Å²) in [5.41, 5.74) is 0.709. The molecule has 0 aromatic heterocycles. The molecule has 0 unspecified atom stereocenters. The summed E-state index contributed by atoms with van der Waals surface area (Å²) in [4.78, 5) is 24.6. The van der Waals surface area contributed by atoms with Crippen LogP contribution in [0.3, 0.4) is 0 Å². The Hall–Kier alpha value is -2.10. The Morgan fingerprint density at radius 1 is 1.25 bits per heavy atom. The first kappa shape index (κ1) is 11.7. The Morgan fingerprint density at radius 2 is 2.05 bits per heavy atom. The lowest BCUT2D eigenvalue weighted by molar-refractivity contribution is -0.153. The molecule has 1 fully saturated rings. The zero-order valence-electron chi connectivity index (χ0n) is 10.9. The number of fused-ring (bicyclic) bond motifs is 2. The molecule has 1 saturated carbocycles. The fraction of sp³-hybridized carbons (Fsp3) is 0.375. The van der Waals surface area contributed by atoms with Gasteiger partial charge in [0.15, 0.2) is 0 Å². The van der Waals surface area contributed by atoms with E-state index in [4.69, 9.17) is 0 Å². The largest absolute Gasteiger partial charge is 0.481 e. The average Bonchev–Trinajstić information content (AvgIpc) is 2.74. The molecule has 2 N–H and O–H groups in total. The van der Waals surface area contributed by atoms with Crippen LogP contribution < -0.4 is 5.32 Å². The van der Waals surface area contributed by atoms with Gasteiger partial charge < -0.3 is 10.4 Å². The second-order valence-electron chi connectivity index (χ2n) is 5.92. The molecule has 2 bridgehead atoms. The standard InChI is InChI=1S/C16H15NO3/c18-14(19)13-9-5-7-10(8-6-9)16(13)11-3-1-2-4-12(11)17-15(16)20/h1-5,7,9-10,13H,6,8H2,(H,17,20)(H,18,19)/t9-,10+,13+,16+/m0/s1. The van der Waals surface area contributed by atoms with Crippen LogP contribution in [0.2, 0.25) is 0 Å². The summed E-state index contributed by atoms with van der Waals surface area (Å²) in [5.74, 6) is -1.73. The Labute approximate surface area is 116 Å². The van der Waals surface area contributed by atoms with Crippen LogP contribution in [-0.2, 0) is 15.0 Å². The molecule has 1 aromatic carbocycles. The number of allylic oxidation sites excluding steroid dienone is 2. The normalized spacial score (nSPS) is 37.0. The number of hydrogen-bond acceptors (Lipinski definition) is 2. The minimum absolute atomic E-state index is 0.0164. The number of nitrogens with one attached hydrogen (secondary N) is 1. The van der Waals surface area contributed by atoms with Gasteiger partial charge in [-0.15, -0.1) is 0 Å². The number of amides is 1. The fourth-order valence-corrected chi connectivity index (χ4v) is 4.42. The van der Waals surface area contributed by atoms with E-state index in [1.165, 1.54) is 0 Å². The predicted octanol–water partition coefficient (Wildman–Crippen LogP) is 2.17. The number of carboxylic acid groups (broad SMARTS) is 1. The number of benzene rings is 1. The van der Waals surface area contributed by atoms with Gasteiger partial charge in [0.25, 0.3) is 0 Å². The molecule has 102 valence electrons. The Balaban J connectivity index is 2.01. The fourth-order valence-electron chi connectivity index (χ4n) is 4.42. The molecule has 1 spiro atoms. The van der Waals surface area contributed by atoms with Crippen molar-refractivity contribution >= 4 is 17.6 Å². The van der Waals surface area contributed by atoms with Crippen LogP contribution in [0.1, 0.15) is 18.4 Å². The van der Waals surface area contributed by atoms with E-state index in [1.54, 1.807) is 0 Å². The highest BCUT2D eigenvalue weighted by atomic mass is 16.4.